The Morgan fingerprint density at radius 1 is 1.03 bits per heavy atom. The quantitative estimate of drug-likeness (QED) is 0.524. The van der Waals surface area contributed by atoms with Crippen LogP contribution in [0.1, 0.15) is 52.2 Å². The second-order valence-electron chi connectivity index (χ2n) is 7.83. The molecule has 2 aromatic carbocycles. The molecule has 0 bridgehead atoms. The Hall–Kier alpha value is -2.80. The third kappa shape index (κ3) is 3.27. The van der Waals surface area contributed by atoms with Crippen molar-refractivity contribution in [3.05, 3.63) is 64.0 Å². The number of benzene rings is 2. The SMILES string of the molecule is Cc1ncc2c(OC3CCC(N4C(=O)c5ccccc5C4=O)CC3)cc(Br)cc2n1. The maximum atomic E-state index is 12.7. The highest BCUT2D eigenvalue weighted by Crippen LogP contribution is 2.35. The van der Waals surface area contributed by atoms with Gasteiger partial charge in [0.25, 0.3) is 11.8 Å². The van der Waals surface area contributed by atoms with Crippen molar-refractivity contribution in [1.29, 1.82) is 0 Å². The number of hydrogen-bond acceptors (Lipinski definition) is 5. The van der Waals surface area contributed by atoms with Gasteiger partial charge in [0.15, 0.2) is 0 Å². The predicted octanol–water partition coefficient (Wildman–Crippen LogP) is 4.69. The number of amides is 2. The van der Waals surface area contributed by atoms with Gasteiger partial charge in [-0.1, -0.05) is 28.1 Å². The van der Waals surface area contributed by atoms with E-state index < -0.39 is 0 Å². The standard InChI is InChI=1S/C23H20BrN3O3/c1-13-25-12-19-20(26-13)10-14(24)11-21(19)30-16-8-6-15(7-9-16)27-22(28)17-4-2-3-5-18(17)23(27)29/h2-5,10-12,15-16H,6-9H2,1H3. The summed E-state index contributed by atoms with van der Waals surface area (Å²) in [5.74, 6) is 1.12. The lowest BCUT2D eigenvalue weighted by molar-refractivity contribution is 0.0480. The van der Waals surface area contributed by atoms with Gasteiger partial charge in [-0.15, -0.1) is 0 Å². The van der Waals surface area contributed by atoms with E-state index >= 15 is 0 Å². The minimum absolute atomic E-state index is 0.0234. The maximum absolute atomic E-state index is 12.7. The van der Waals surface area contributed by atoms with Gasteiger partial charge in [0, 0.05) is 16.7 Å². The molecule has 2 aliphatic rings. The molecule has 0 spiro atoms. The van der Waals surface area contributed by atoms with Crippen LogP contribution >= 0.6 is 15.9 Å². The van der Waals surface area contributed by atoms with Crippen LogP contribution in [0.4, 0.5) is 0 Å². The second kappa shape index (κ2) is 7.47. The number of aromatic nitrogens is 2. The molecular weight excluding hydrogens is 446 g/mol. The Labute approximate surface area is 182 Å². The predicted molar refractivity (Wildman–Crippen MR) is 116 cm³/mol. The highest BCUT2D eigenvalue weighted by atomic mass is 79.9. The number of aryl methyl sites for hydroxylation is 1. The van der Waals surface area contributed by atoms with Crippen LogP contribution in [0, 0.1) is 6.92 Å². The van der Waals surface area contributed by atoms with E-state index in [1.54, 1.807) is 30.5 Å². The number of halogens is 1. The molecule has 152 valence electrons. The molecule has 1 aliphatic carbocycles. The van der Waals surface area contributed by atoms with Crippen molar-refractivity contribution in [3.8, 4) is 5.75 Å². The van der Waals surface area contributed by atoms with E-state index in [2.05, 4.69) is 25.9 Å². The fourth-order valence-corrected chi connectivity index (χ4v) is 4.83. The van der Waals surface area contributed by atoms with Crippen molar-refractivity contribution in [2.75, 3.05) is 0 Å². The Bertz CT molecular complexity index is 1130. The first kappa shape index (κ1) is 19.2. The first-order chi connectivity index (χ1) is 14.5. The molecule has 0 saturated heterocycles. The minimum atomic E-state index is -0.175. The Morgan fingerprint density at radius 2 is 1.70 bits per heavy atom. The topological polar surface area (TPSA) is 72.4 Å². The lowest BCUT2D eigenvalue weighted by Crippen LogP contribution is -2.43. The first-order valence-electron chi connectivity index (χ1n) is 10.1. The monoisotopic (exact) mass is 465 g/mol. The van der Waals surface area contributed by atoms with Crippen molar-refractivity contribution in [2.24, 2.45) is 0 Å². The summed E-state index contributed by atoms with van der Waals surface area (Å²) in [4.78, 5) is 35.7. The van der Waals surface area contributed by atoms with E-state index in [4.69, 9.17) is 4.74 Å². The largest absolute Gasteiger partial charge is 0.490 e. The zero-order valence-corrected chi connectivity index (χ0v) is 18.1. The van der Waals surface area contributed by atoms with E-state index in [-0.39, 0.29) is 24.0 Å². The molecule has 30 heavy (non-hydrogen) atoms. The average Bonchev–Trinajstić information content (AvgIpc) is 2.99. The summed E-state index contributed by atoms with van der Waals surface area (Å²) in [6.45, 7) is 1.86. The minimum Gasteiger partial charge on any atom is -0.490 e. The number of fused-ring (bicyclic) bond motifs is 2. The van der Waals surface area contributed by atoms with Gasteiger partial charge in [0.05, 0.1) is 28.1 Å². The van der Waals surface area contributed by atoms with Crippen molar-refractivity contribution in [3.63, 3.8) is 0 Å². The number of carbonyl (C=O) groups excluding carboxylic acids is 2. The lowest BCUT2D eigenvalue weighted by Gasteiger charge is -2.33. The normalized spacial score (nSPS) is 21.2. The summed E-state index contributed by atoms with van der Waals surface area (Å²) in [7, 11) is 0. The Morgan fingerprint density at radius 3 is 2.37 bits per heavy atom. The van der Waals surface area contributed by atoms with E-state index in [0.29, 0.717) is 17.0 Å². The second-order valence-corrected chi connectivity index (χ2v) is 8.74. The first-order valence-corrected chi connectivity index (χ1v) is 10.9. The fraction of sp³-hybridized carbons (Fsp3) is 0.304. The highest BCUT2D eigenvalue weighted by molar-refractivity contribution is 9.10. The van der Waals surface area contributed by atoms with Gasteiger partial charge in [0.1, 0.15) is 11.6 Å². The van der Waals surface area contributed by atoms with E-state index in [1.165, 1.54) is 4.90 Å². The summed E-state index contributed by atoms with van der Waals surface area (Å²) in [5, 5.41) is 0.881. The van der Waals surface area contributed by atoms with Crippen LogP contribution < -0.4 is 4.74 Å². The van der Waals surface area contributed by atoms with Gasteiger partial charge < -0.3 is 4.74 Å². The Balaban J connectivity index is 1.30. The van der Waals surface area contributed by atoms with Crippen LogP contribution in [0.5, 0.6) is 5.75 Å². The molecule has 7 heteroatoms. The van der Waals surface area contributed by atoms with Gasteiger partial charge in [-0.25, -0.2) is 9.97 Å². The molecule has 2 amide bonds. The van der Waals surface area contributed by atoms with Gasteiger partial charge >= 0.3 is 0 Å². The average molecular weight is 466 g/mol. The summed E-state index contributed by atoms with van der Waals surface area (Å²) in [5.41, 5.74) is 1.86. The summed E-state index contributed by atoms with van der Waals surface area (Å²) in [6.07, 6.45) is 4.84. The molecule has 1 fully saturated rings. The van der Waals surface area contributed by atoms with Gasteiger partial charge in [-0.3, -0.25) is 14.5 Å². The van der Waals surface area contributed by atoms with Crippen molar-refractivity contribution in [1.82, 2.24) is 14.9 Å². The fourth-order valence-electron chi connectivity index (χ4n) is 4.40. The van der Waals surface area contributed by atoms with E-state index in [9.17, 15) is 9.59 Å². The molecule has 3 aromatic rings. The number of hydrogen-bond donors (Lipinski definition) is 0. The molecule has 0 N–H and O–H groups in total. The molecule has 0 radical (unpaired) electrons. The number of carbonyl (C=O) groups is 2. The highest BCUT2D eigenvalue weighted by Gasteiger charge is 2.41. The Kier molecular flexibility index (Phi) is 4.77. The van der Waals surface area contributed by atoms with E-state index in [0.717, 1.165) is 46.8 Å². The number of nitrogens with zero attached hydrogens (tertiary/aromatic N) is 3. The molecule has 5 rings (SSSR count). The summed E-state index contributed by atoms with van der Waals surface area (Å²) >= 11 is 3.53. The van der Waals surface area contributed by atoms with Gasteiger partial charge in [0.2, 0.25) is 0 Å². The zero-order chi connectivity index (χ0) is 20.8. The van der Waals surface area contributed by atoms with Gasteiger partial charge in [-0.2, -0.15) is 0 Å². The van der Waals surface area contributed by atoms with Crippen molar-refractivity contribution >= 4 is 38.6 Å². The van der Waals surface area contributed by atoms with Crippen LogP contribution in [0.2, 0.25) is 0 Å². The van der Waals surface area contributed by atoms with Crippen LogP contribution in [0.3, 0.4) is 0 Å². The molecule has 1 saturated carbocycles. The third-order valence-electron chi connectivity index (χ3n) is 5.88. The van der Waals surface area contributed by atoms with Crippen LogP contribution in [-0.4, -0.2) is 38.8 Å². The van der Waals surface area contributed by atoms with Crippen molar-refractivity contribution in [2.45, 2.75) is 44.8 Å². The summed E-state index contributed by atoms with van der Waals surface area (Å²) in [6, 6.07) is 10.9. The molecule has 2 heterocycles. The van der Waals surface area contributed by atoms with Crippen LogP contribution in [0.15, 0.2) is 47.1 Å². The molecule has 1 aliphatic heterocycles. The molecular formula is C23H20BrN3O3. The third-order valence-corrected chi connectivity index (χ3v) is 6.33. The number of ether oxygens (including phenoxy) is 1. The maximum Gasteiger partial charge on any atom is 0.261 e. The zero-order valence-electron chi connectivity index (χ0n) is 16.5. The summed E-state index contributed by atoms with van der Waals surface area (Å²) < 4.78 is 7.22. The molecule has 1 aromatic heterocycles. The molecule has 6 nitrogen and oxygen atoms in total. The van der Waals surface area contributed by atoms with Gasteiger partial charge in [-0.05, 0) is 56.9 Å². The number of rotatable bonds is 3. The van der Waals surface area contributed by atoms with Crippen LogP contribution in [0.25, 0.3) is 10.9 Å². The van der Waals surface area contributed by atoms with Crippen LogP contribution in [-0.2, 0) is 0 Å². The molecule has 0 unspecified atom stereocenters. The lowest BCUT2D eigenvalue weighted by atomic mass is 9.91. The van der Waals surface area contributed by atoms with Crippen molar-refractivity contribution < 1.29 is 14.3 Å². The molecule has 0 atom stereocenters. The van der Waals surface area contributed by atoms with E-state index in [1.807, 2.05) is 19.1 Å². The smallest absolute Gasteiger partial charge is 0.261 e. The number of imide groups is 1.